The molecule has 162 valence electrons. The van der Waals surface area contributed by atoms with Crippen LogP contribution >= 0.6 is 0 Å². The fourth-order valence-corrected chi connectivity index (χ4v) is 4.47. The number of aromatic hydroxyl groups is 1. The van der Waals surface area contributed by atoms with Crippen LogP contribution in [0.15, 0.2) is 48.8 Å². The van der Waals surface area contributed by atoms with Gasteiger partial charge >= 0.3 is 0 Å². The Morgan fingerprint density at radius 2 is 1.94 bits per heavy atom. The number of rotatable bonds is 6. The molecule has 1 aliphatic rings. The number of aromatic nitrogens is 2. The molecule has 0 saturated carbocycles. The molecule has 0 bridgehead atoms. The number of aromatic amines is 1. The van der Waals surface area contributed by atoms with Crippen LogP contribution in [0.2, 0.25) is 0 Å². The van der Waals surface area contributed by atoms with Gasteiger partial charge in [-0.2, -0.15) is 0 Å². The predicted octanol–water partition coefficient (Wildman–Crippen LogP) is 4.05. The smallest absolute Gasteiger partial charge is 0.253 e. The van der Waals surface area contributed by atoms with Crippen molar-refractivity contribution in [2.45, 2.75) is 39.8 Å². The Hall–Kier alpha value is -3.12. The minimum Gasteiger partial charge on any atom is -0.508 e. The second kappa shape index (κ2) is 8.94. The van der Waals surface area contributed by atoms with Gasteiger partial charge < -0.3 is 15.0 Å². The fraction of sp³-hybridized carbons (Fsp3) is 0.360. The first kappa shape index (κ1) is 21.1. The summed E-state index contributed by atoms with van der Waals surface area (Å²) in [6.45, 7) is 9.05. The summed E-state index contributed by atoms with van der Waals surface area (Å²) in [4.78, 5) is 24.6. The first-order chi connectivity index (χ1) is 15.0. The zero-order valence-corrected chi connectivity index (χ0v) is 18.4. The summed E-state index contributed by atoms with van der Waals surface area (Å²) in [6.07, 6.45) is 2.62. The molecule has 1 atom stereocenters. The number of phenolic OH excluding ortho intramolecular Hbond substituents is 1. The van der Waals surface area contributed by atoms with Crippen LogP contribution in [-0.4, -0.2) is 50.4 Å². The van der Waals surface area contributed by atoms with Crippen molar-refractivity contribution in [2.24, 2.45) is 0 Å². The van der Waals surface area contributed by atoms with E-state index in [9.17, 15) is 9.90 Å². The summed E-state index contributed by atoms with van der Waals surface area (Å²) in [7, 11) is 0. The summed E-state index contributed by atoms with van der Waals surface area (Å²) < 4.78 is 0. The number of aryl methyl sites for hydroxylation is 1. The highest BCUT2D eigenvalue weighted by Crippen LogP contribution is 2.37. The summed E-state index contributed by atoms with van der Waals surface area (Å²) in [6, 6.07) is 13.7. The van der Waals surface area contributed by atoms with Crippen molar-refractivity contribution < 1.29 is 9.90 Å². The van der Waals surface area contributed by atoms with Crippen molar-refractivity contribution >= 4 is 5.91 Å². The number of carbonyl (C=O) groups excluding carboxylic acids is 1. The van der Waals surface area contributed by atoms with Gasteiger partial charge in [0.1, 0.15) is 5.75 Å². The minimum atomic E-state index is 0.0399. The van der Waals surface area contributed by atoms with E-state index >= 15 is 0 Å². The third kappa shape index (κ3) is 4.21. The molecule has 6 heteroatoms. The van der Waals surface area contributed by atoms with Crippen LogP contribution in [0.3, 0.4) is 0 Å². The zero-order valence-electron chi connectivity index (χ0n) is 18.4. The Bertz CT molecular complexity index is 1050. The number of fused-ring (bicyclic) bond motifs is 1. The summed E-state index contributed by atoms with van der Waals surface area (Å²) in [5.74, 6) is 0.365. The van der Waals surface area contributed by atoms with Crippen LogP contribution in [0.25, 0.3) is 0 Å². The minimum absolute atomic E-state index is 0.0399. The number of nitrogens with one attached hydrogen (secondary N) is 1. The molecule has 0 spiro atoms. The molecule has 3 aromatic rings. The molecule has 2 aromatic carbocycles. The highest BCUT2D eigenvalue weighted by Gasteiger charge is 2.30. The lowest BCUT2D eigenvalue weighted by Crippen LogP contribution is -2.36. The van der Waals surface area contributed by atoms with Crippen LogP contribution in [-0.2, 0) is 13.0 Å². The van der Waals surface area contributed by atoms with E-state index in [-0.39, 0.29) is 11.9 Å². The molecule has 2 N–H and O–H groups in total. The van der Waals surface area contributed by atoms with Crippen molar-refractivity contribution in [3.05, 3.63) is 82.4 Å². The van der Waals surface area contributed by atoms with E-state index in [1.807, 2.05) is 49.9 Å². The molecule has 1 amide bonds. The van der Waals surface area contributed by atoms with Crippen LogP contribution in [0.4, 0.5) is 0 Å². The van der Waals surface area contributed by atoms with Gasteiger partial charge in [-0.3, -0.25) is 9.69 Å². The fourth-order valence-electron chi connectivity index (χ4n) is 4.47. The lowest BCUT2D eigenvalue weighted by Gasteiger charge is -2.37. The van der Waals surface area contributed by atoms with Gasteiger partial charge in [0.2, 0.25) is 0 Å². The van der Waals surface area contributed by atoms with Gasteiger partial charge in [0, 0.05) is 37.4 Å². The van der Waals surface area contributed by atoms with Gasteiger partial charge in [0.15, 0.2) is 0 Å². The largest absolute Gasteiger partial charge is 0.508 e. The second-order valence-electron chi connectivity index (χ2n) is 8.08. The number of H-pyrrole nitrogens is 1. The summed E-state index contributed by atoms with van der Waals surface area (Å²) >= 11 is 0. The van der Waals surface area contributed by atoms with Crippen LogP contribution in [0.5, 0.6) is 5.75 Å². The molecule has 6 nitrogen and oxygen atoms in total. The summed E-state index contributed by atoms with van der Waals surface area (Å²) in [5, 5.41) is 9.98. The highest BCUT2D eigenvalue weighted by atomic mass is 16.3. The molecule has 0 unspecified atom stereocenters. The Kier molecular flexibility index (Phi) is 6.09. The van der Waals surface area contributed by atoms with E-state index < -0.39 is 0 Å². The van der Waals surface area contributed by atoms with Gasteiger partial charge in [-0.15, -0.1) is 0 Å². The zero-order chi connectivity index (χ0) is 22.0. The maximum Gasteiger partial charge on any atom is 0.253 e. The number of imidazole rings is 1. The van der Waals surface area contributed by atoms with Crippen LogP contribution in [0, 0.1) is 6.92 Å². The van der Waals surface area contributed by atoms with E-state index in [1.54, 1.807) is 12.4 Å². The quantitative estimate of drug-likeness (QED) is 0.633. The lowest BCUT2D eigenvalue weighted by atomic mass is 9.87. The maximum absolute atomic E-state index is 12.7. The first-order valence-electron chi connectivity index (χ1n) is 11.0. The predicted molar refractivity (Wildman–Crippen MR) is 121 cm³/mol. The van der Waals surface area contributed by atoms with E-state index in [0.717, 1.165) is 36.5 Å². The number of nitrogens with zero attached hydrogens (tertiary/aromatic N) is 3. The SMILES string of the molecule is CCN(CC)C(=O)c1ccc([C@@H]2c3ccc(O)cc3CCN2Cc2nc[nH]c2C)cc1. The lowest BCUT2D eigenvalue weighted by molar-refractivity contribution is 0.0773. The third-order valence-electron chi connectivity index (χ3n) is 6.27. The molecule has 1 aromatic heterocycles. The molecule has 31 heavy (non-hydrogen) atoms. The molecule has 1 aliphatic heterocycles. The first-order valence-corrected chi connectivity index (χ1v) is 11.0. The van der Waals surface area contributed by atoms with E-state index in [0.29, 0.717) is 24.4 Å². The number of amides is 1. The number of phenols is 1. The van der Waals surface area contributed by atoms with E-state index in [1.165, 1.54) is 11.1 Å². The van der Waals surface area contributed by atoms with E-state index in [4.69, 9.17) is 0 Å². The molecular formula is C25H30N4O2. The molecule has 0 saturated heterocycles. The van der Waals surface area contributed by atoms with Crippen LogP contribution in [0.1, 0.15) is 58.3 Å². The van der Waals surface area contributed by atoms with Gasteiger partial charge in [-0.05, 0) is 68.1 Å². The topological polar surface area (TPSA) is 72.5 Å². The van der Waals surface area contributed by atoms with Gasteiger partial charge in [0.05, 0.1) is 18.1 Å². The van der Waals surface area contributed by atoms with Crippen molar-refractivity contribution in [2.75, 3.05) is 19.6 Å². The van der Waals surface area contributed by atoms with Crippen LogP contribution < -0.4 is 0 Å². The van der Waals surface area contributed by atoms with Gasteiger partial charge in [-0.1, -0.05) is 18.2 Å². The average Bonchev–Trinajstić information content (AvgIpc) is 3.19. The number of hydrogen-bond donors (Lipinski definition) is 2. The Balaban J connectivity index is 1.69. The number of hydrogen-bond acceptors (Lipinski definition) is 4. The van der Waals surface area contributed by atoms with Crippen molar-refractivity contribution in [3.63, 3.8) is 0 Å². The standard InChI is InChI=1S/C25H30N4O2/c1-4-28(5-2)25(31)19-8-6-18(7-9-19)24-22-11-10-21(30)14-20(22)12-13-29(24)15-23-17(3)26-16-27-23/h6-11,14,16,24,30H,4-5,12-13,15H2,1-3H3,(H,26,27)/t24-/m1/s1. The monoisotopic (exact) mass is 418 g/mol. The Morgan fingerprint density at radius 3 is 2.58 bits per heavy atom. The Morgan fingerprint density at radius 1 is 1.19 bits per heavy atom. The van der Waals surface area contributed by atoms with E-state index in [2.05, 4.69) is 27.0 Å². The summed E-state index contributed by atoms with van der Waals surface area (Å²) in [5.41, 5.74) is 6.33. The van der Waals surface area contributed by atoms with Crippen molar-refractivity contribution in [1.82, 2.24) is 19.8 Å². The maximum atomic E-state index is 12.7. The second-order valence-corrected chi connectivity index (χ2v) is 8.08. The van der Waals surface area contributed by atoms with Gasteiger partial charge in [0.25, 0.3) is 5.91 Å². The molecule has 0 aliphatic carbocycles. The molecule has 4 rings (SSSR count). The van der Waals surface area contributed by atoms with Gasteiger partial charge in [-0.25, -0.2) is 4.98 Å². The molecule has 2 heterocycles. The molecule has 0 fully saturated rings. The highest BCUT2D eigenvalue weighted by molar-refractivity contribution is 5.94. The average molecular weight is 419 g/mol. The normalized spacial score (nSPS) is 16.2. The van der Waals surface area contributed by atoms with Crippen molar-refractivity contribution in [1.29, 1.82) is 0 Å². The Labute approximate surface area is 183 Å². The number of carbonyl (C=O) groups is 1. The molecular weight excluding hydrogens is 388 g/mol. The van der Waals surface area contributed by atoms with Crippen molar-refractivity contribution in [3.8, 4) is 5.75 Å². The number of benzene rings is 2. The molecule has 0 radical (unpaired) electrons. The third-order valence-corrected chi connectivity index (χ3v) is 6.27.